The number of hydrogen-bond acceptors (Lipinski definition) is 7. The van der Waals surface area contributed by atoms with Crippen molar-refractivity contribution in [3.8, 4) is 17.3 Å². The van der Waals surface area contributed by atoms with Gasteiger partial charge in [-0.25, -0.2) is 14.6 Å². The highest BCUT2D eigenvalue weighted by atomic mass is 16.1. The van der Waals surface area contributed by atoms with Crippen molar-refractivity contribution in [3.05, 3.63) is 65.1 Å². The molecule has 3 aromatic heterocycles. The SMILES string of the molecule is N#Cc1nccnc1N1CCC(Cn2nc(-c3ccncc3)ccc2=O)CC1. The maximum absolute atomic E-state index is 12.3. The molecule has 1 aliphatic heterocycles. The Hall–Kier alpha value is -3.60. The first-order valence-electron chi connectivity index (χ1n) is 9.19. The van der Waals surface area contributed by atoms with Gasteiger partial charge in [0, 0.05) is 56.1 Å². The number of anilines is 1. The molecule has 1 fully saturated rings. The van der Waals surface area contributed by atoms with E-state index in [1.165, 1.54) is 6.20 Å². The topological polar surface area (TPSA) is 101 Å². The van der Waals surface area contributed by atoms with Gasteiger partial charge in [0.05, 0.1) is 5.69 Å². The van der Waals surface area contributed by atoms with Crippen LogP contribution >= 0.6 is 0 Å². The van der Waals surface area contributed by atoms with Crippen molar-refractivity contribution in [1.29, 1.82) is 5.26 Å². The lowest BCUT2D eigenvalue weighted by Gasteiger charge is -2.32. The first kappa shape index (κ1) is 17.8. The Morgan fingerprint density at radius 3 is 2.54 bits per heavy atom. The Morgan fingerprint density at radius 1 is 1.04 bits per heavy atom. The number of pyridine rings is 1. The van der Waals surface area contributed by atoms with Crippen LogP contribution in [0.4, 0.5) is 5.82 Å². The van der Waals surface area contributed by atoms with Gasteiger partial charge < -0.3 is 4.90 Å². The summed E-state index contributed by atoms with van der Waals surface area (Å²) in [5, 5.41) is 13.8. The molecule has 0 bridgehead atoms. The predicted molar refractivity (Wildman–Crippen MR) is 103 cm³/mol. The third kappa shape index (κ3) is 3.74. The molecular weight excluding hydrogens is 354 g/mol. The Bertz CT molecular complexity index is 1050. The first-order valence-corrected chi connectivity index (χ1v) is 9.19. The van der Waals surface area contributed by atoms with Crippen LogP contribution in [0.15, 0.2) is 53.8 Å². The van der Waals surface area contributed by atoms with E-state index in [9.17, 15) is 10.1 Å². The third-order valence-electron chi connectivity index (χ3n) is 4.97. The molecule has 0 amide bonds. The molecule has 0 radical (unpaired) electrons. The summed E-state index contributed by atoms with van der Waals surface area (Å²) in [6.07, 6.45) is 8.36. The molecule has 8 nitrogen and oxygen atoms in total. The second-order valence-corrected chi connectivity index (χ2v) is 6.75. The van der Waals surface area contributed by atoms with Crippen molar-refractivity contribution in [2.45, 2.75) is 19.4 Å². The number of rotatable bonds is 4. The van der Waals surface area contributed by atoms with Gasteiger partial charge >= 0.3 is 0 Å². The minimum Gasteiger partial charge on any atom is -0.354 e. The average Bonchev–Trinajstić information content (AvgIpc) is 2.76. The second kappa shape index (κ2) is 7.96. The monoisotopic (exact) mass is 373 g/mol. The largest absolute Gasteiger partial charge is 0.354 e. The van der Waals surface area contributed by atoms with Crippen molar-refractivity contribution >= 4 is 5.82 Å². The highest BCUT2D eigenvalue weighted by Gasteiger charge is 2.23. The molecule has 0 atom stereocenters. The van der Waals surface area contributed by atoms with Gasteiger partial charge in [0.25, 0.3) is 5.56 Å². The Balaban J connectivity index is 1.45. The predicted octanol–water partition coefficient (Wildman–Crippen LogP) is 1.88. The molecule has 0 aliphatic carbocycles. The lowest BCUT2D eigenvalue weighted by Crippen LogP contribution is -2.37. The van der Waals surface area contributed by atoms with Crippen LogP contribution in [0, 0.1) is 17.2 Å². The van der Waals surface area contributed by atoms with E-state index < -0.39 is 0 Å². The van der Waals surface area contributed by atoms with Gasteiger partial charge in [0.15, 0.2) is 11.5 Å². The summed E-state index contributed by atoms with van der Waals surface area (Å²) >= 11 is 0. The van der Waals surface area contributed by atoms with Gasteiger partial charge in [-0.1, -0.05) is 0 Å². The number of aromatic nitrogens is 5. The van der Waals surface area contributed by atoms with Gasteiger partial charge in [-0.15, -0.1) is 0 Å². The third-order valence-corrected chi connectivity index (χ3v) is 4.97. The molecule has 0 N–H and O–H groups in total. The minimum atomic E-state index is -0.0964. The van der Waals surface area contributed by atoms with E-state index in [1.54, 1.807) is 35.4 Å². The molecule has 8 heteroatoms. The smallest absolute Gasteiger partial charge is 0.266 e. The minimum absolute atomic E-state index is 0.0964. The standard InChI is InChI=1S/C20H19N7O/c21-13-18-20(24-10-9-23-18)26-11-5-15(6-12-26)14-27-19(28)2-1-17(25-27)16-3-7-22-8-4-16/h1-4,7-10,15H,5-6,11-12,14H2. The lowest BCUT2D eigenvalue weighted by atomic mass is 9.96. The Labute approximate surface area is 162 Å². The molecule has 1 aliphatic rings. The second-order valence-electron chi connectivity index (χ2n) is 6.75. The van der Waals surface area contributed by atoms with Crippen molar-refractivity contribution in [3.63, 3.8) is 0 Å². The van der Waals surface area contributed by atoms with Crippen molar-refractivity contribution in [2.24, 2.45) is 5.92 Å². The van der Waals surface area contributed by atoms with E-state index in [2.05, 4.69) is 31.0 Å². The highest BCUT2D eigenvalue weighted by molar-refractivity contribution is 5.57. The maximum atomic E-state index is 12.3. The zero-order valence-corrected chi connectivity index (χ0v) is 15.3. The summed E-state index contributed by atoms with van der Waals surface area (Å²) in [6.45, 7) is 2.13. The van der Waals surface area contributed by atoms with Crippen LogP contribution in [0.2, 0.25) is 0 Å². The van der Waals surface area contributed by atoms with Gasteiger partial charge in [-0.05, 0) is 37.0 Å². The van der Waals surface area contributed by atoms with Crippen LogP contribution in [-0.4, -0.2) is 37.8 Å². The summed E-state index contributed by atoms with van der Waals surface area (Å²) in [5.41, 5.74) is 1.95. The fourth-order valence-corrected chi connectivity index (χ4v) is 3.47. The van der Waals surface area contributed by atoms with Crippen LogP contribution in [-0.2, 0) is 6.54 Å². The number of hydrogen-bond donors (Lipinski definition) is 0. The van der Waals surface area contributed by atoms with E-state index in [4.69, 9.17) is 0 Å². The Morgan fingerprint density at radius 2 is 1.79 bits per heavy atom. The zero-order chi connectivity index (χ0) is 19.3. The van der Waals surface area contributed by atoms with E-state index in [1.807, 2.05) is 12.1 Å². The molecule has 0 saturated carbocycles. The van der Waals surface area contributed by atoms with Crippen molar-refractivity contribution in [1.82, 2.24) is 24.7 Å². The molecule has 3 aromatic rings. The van der Waals surface area contributed by atoms with Gasteiger partial charge in [0.2, 0.25) is 0 Å². The van der Waals surface area contributed by atoms with Crippen molar-refractivity contribution < 1.29 is 0 Å². The van der Waals surface area contributed by atoms with E-state index in [-0.39, 0.29) is 5.56 Å². The number of nitrogens with zero attached hydrogens (tertiary/aromatic N) is 7. The van der Waals surface area contributed by atoms with Crippen LogP contribution in [0.3, 0.4) is 0 Å². The van der Waals surface area contributed by atoms with Gasteiger partial charge in [-0.2, -0.15) is 10.4 Å². The van der Waals surface area contributed by atoms with E-state index in [0.717, 1.165) is 37.2 Å². The first-order chi connectivity index (χ1) is 13.7. The number of nitriles is 1. The molecule has 140 valence electrons. The molecule has 1 saturated heterocycles. The molecule has 28 heavy (non-hydrogen) atoms. The highest BCUT2D eigenvalue weighted by Crippen LogP contribution is 2.24. The van der Waals surface area contributed by atoms with Gasteiger partial charge in [0.1, 0.15) is 6.07 Å². The quantitative estimate of drug-likeness (QED) is 0.688. The molecule has 0 aromatic carbocycles. The van der Waals surface area contributed by atoms with Crippen molar-refractivity contribution in [2.75, 3.05) is 18.0 Å². The normalized spacial score (nSPS) is 14.6. The van der Waals surface area contributed by atoms with Gasteiger partial charge in [-0.3, -0.25) is 9.78 Å². The summed E-state index contributed by atoms with van der Waals surface area (Å²) in [7, 11) is 0. The fraction of sp³-hybridized carbons (Fsp3) is 0.300. The fourth-order valence-electron chi connectivity index (χ4n) is 3.47. The van der Waals surface area contributed by atoms with E-state index >= 15 is 0 Å². The molecule has 4 heterocycles. The maximum Gasteiger partial charge on any atom is 0.266 e. The molecule has 4 rings (SSSR count). The Kier molecular flexibility index (Phi) is 5.06. The van der Waals surface area contributed by atoms with Crippen LogP contribution in [0.1, 0.15) is 18.5 Å². The summed E-state index contributed by atoms with van der Waals surface area (Å²) < 4.78 is 1.55. The molecule has 0 spiro atoms. The lowest BCUT2D eigenvalue weighted by molar-refractivity contribution is 0.335. The van der Waals surface area contributed by atoms with Crippen LogP contribution < -0.4 is 10.5 Å². The summed E-state index contributed by atoms with van der Waals surface area (Å²) in [5.74, 6) is 0.981. The summed E-state index contributed by atoms with van der Waals surface area (Å²) in [6, 6.07) is 9.16. The number of piperidine rings is 1. The molecule has 0 unspecified atom stereocenters. The van der Waals surface area contributed by atoms with Crippen LogP contribution in [0.25, 0.3) is 11.3 Å². The van der Waals surface area contributed by atoms with Crippen LogP contribution in [0.5, 0.6) is 0 Å². The van der Waals surface area contributed by atoms with E-state index in [0.29, 0.717) is 24.0 Å². The zero-order valence-electron chi connectivity index (χ0n) is 15.3. The average molecular weight is 373 g/mol. The molecular formula is C20H19N7O. The summed E-state index contributed by atoms with van der Waals surface area (Å²) in [4.78, 5) is 26.8.